The van der Waals surface area contributed by atoms with Crippen molar-refractivity contribution in [3.05, 3.63) is 35.9 Å². The van der Waals surface area contributed by atoms with Gasteiger partial charge in [-0.05, 0) is 43.4 Å². The van der Waals surface area contributed by atoms with Crippen LogP contribution in [0.5, 0.6) is 5.75 Å². The third kappa shape index (κ3) is 1.82. The summed E-state index contributed by atoms with van der Waals surface area (Å²) >= 11 is 0. The summed E-state index contributed by atoms with van der Waals surface area (Å²) in [7, 11) is 0. The third-order valence-electron chi connectivity index (χ3n) is 2.60. The molecule has 0 radical (unpaired) electrons. The lowest BCUT2D eigenvalue weighted by atomic mass is 10.1. The van der Waals surface area contributed by atoms with Crippen LogP contribution in [-0.2, 0) is 0 Å². The van der Waals surface area contributed by atoms with Crippen LogP contribution in [0.15, 0.2) is 24.8 Å². The van der Waals surface area contributed by atoms with Gasteiger partial charge in [0.15, 0.2) is 0 Å². The van der Waals surface area contributed by atoms with Crippen molar-refractivity contribution in [2.24, 2.45) is 0 Å². The third-order valence-corrected chi connectivity index (χ3v) is 2.60. The van der Waals surface area contributed by atoms with Crippen molar-refractivity contribution in [1.82, 2.24) is 0 Å². The minimum absolute atomic E-state index is 0.712. The Morgan fingerprint density at radius 2 is 2.29 bits per heavy atom. The first kappa shape index (κ1) is 9.32. The Hall–Kier alpha value is -1.24. The molecule has 1 aromatic carbocycles. The predicted octanol–water partition coefficient (Wildman–Crippen LogP) is 3.61. The molecule has 1 fully saturated rings. The summed E-state index contributed by atoms with van der Waals surface area (Å²) in [4.78, 5) is 0. The molecular weight excluding hydrogens is 172 g/mol. The van der Waals surface area contributed by atoms with Gasteiger partial charge in [-0.1, -0.05) is 18.7 Å². The van der Waals surface area contributed by atoms with E-state index in [2.05, 4.69) is 24.8 Å². The molecule has 0 spiro atoms. The Bertz CT molecular complexity index is 337. The van der Waals surface area contributed by atoms with Crippen LogP contribution in [0.2, 0.25) is 0 Å². The number of hydrogen-bond donors (Lipinski definition) is 0. The normalized spacial score (nSPS) is 15.2. The maximum atomic E-state index is 5.51. The highest BCUT2D eigenvalue weighted by Crippen LogP contribution is 2.41. The van der Waals surface area contributed by atoms with E-state index in [1.54, 1.807) is 0 Å². The van der Waals surface area contributed by atoms with E-state index in [1.165, 1.54) is 18.4 Å². The maximum absolute atomic E-state index is 5.51. The molecule has 0 saturated heterocycles. The van der Waals surface area contributed by atoms with Gasteiger partial charge in [0.2, 0.25) is 0 Å². The van der Waals surface area contributed by atoms with Crippen LogP contribution in [0.4, 0.5) is 0 Å². The van der Waals surface area contributed by atoms with Crippen LogP contribution < -0.4 is 4.74 Å². The summed E-state index contributed by atoms with van der Waals surface area (Å²) in [6.45, 7) is 6.53. The first-order valence-corrected chi connectivity index (χ1v) is 5.24. The standard InChI is InChI=1S/C13H16O/c1-3-10-9-12(11-5-6-11)7-8-13(10)14-4-2/h3,7-9,11H,1,4-6H2,2H3. The van der Waals surface area contributed by atoms with Crippen molar-refractivity contribution < 1.29 is 4.74 Å². The van der Waals surface area contributed by atoms with Gasteiger partial charge in [-0.15, -0.1) is 0 Å². The van der Waals surface area contributed by atoms with Gasteiger partial charge >= 0.3 is 0 Å². The lowest BCUT2D eigenvalue weighted by Gasteiger charge is -2.08. The van der Waals surface area contributed by atoms with Gasteiger partial charge in [-0.2, -0.15) is 0 Å². The smallest absolute Gasteiger partial charge is 0.126 e. The zero-order valence-electron chi connectivity index (χ0n) is 8.62. The molecule has 1 nitrogen and oxygen atoms in total. The predicted molar refractivity (Wildman–Crippen MR) is 59.7 cm³/mol. The van der Waals surface area contributed by atoms with E-state index in [-0.39, 0.29) is 0 Å². The zero-order chi connectivity index (χ0) is 9.97. The lowest BCUT2D eigenvalue weighted by molar-refractivity contribution is 0.339. The summed E-state index contributed by atoms with van der Waals surface area (Å²) < 4.78 is 5.51. The molecule has 0 heterocycles. The van der Waals surface area contributed by atoms with Crippen molar-refractivity contribution in [3.63, 3.8) is 0 Å². The fraction of sp³-hybridized carbons (Fsp3) is 0.385. The van der Waals surface area contributed by atoms with Crippen molar-refractivity contribution in [2.45, 2.75) is 25.7 Å². The van der Waals surface area contributed by atoms with Gasteiger partial charge in [-0.3, -0.25) is 0 Å². The minimum Gasteiger partial charge on any atom is -0.493 e. The topological polar surface area (TPSA) is 9.23 Å². The number of rotatable bonds is 4. The zero-order valence-corrected chi connectivity index (χ0v) is 8.62. The Morgan fingerprint density at radius 3 is 2.86 bits per heavy atom. The van der Waals surface area contributed by atoms with Crippen LogP contribution in [0.1, 0.15) is 36.8 Å². The van der Waals surface area contributed by atoms with E-state index < -0.39 is 0 Å². The van der Waals surface area contributed by atoms with Gasteiger partial charge in [0.05, 0.1) is 6.61 Å². The maximum Gasteiger partial charge on any atom is 0.126 e. The van der Waals surface area contributed by atoms with Gasteiger partial charge in [-0.25, -0.2) is 0 Å². The lowest BCUT2D eigenvalue weighted by Crippen LogP contribution is -1.94. The molecule has 14 heavy (non-hydrogen) atoms. The Balaban J connectivity index is 2.28. The Labute approximate surface area is 85.4 Å². The number of hydrogen-bond acceptors (Lipinski definition) is 1. The van der Waals surface area contributed by atoms with Crippen molar-refractivity contribution in [2.75, 3.05) is 6.61 Å². The molecule has 0 aromatic heterocycles. The quantitative estimate of drug-likeness (QED) is 0.701. The number of benzene rings is 1. The summed E-state index contributed by atoms with van der Waals surface area (Å²) in [5.74, 6) is 1.75. The molecule has 1 saturated carbocycles. The van der Waals surface area contributed by atoms with E-state index in [0.29, 0.717) is 6.61 Å². The molecule has 1 aliphatic carbocycles. The molecule has 0 aliphatic heterocycles. The van der Waals surface area contributed by atoms with Crippen LogP contribution in [-0.4, -0.2) is 6.61 Å². The molecule has 0 unspecified atom stereocenters. The highest BCUT2D eigenvalue weighted by molar-refractivity contribution is 5.57. The van der Waals surface area contributed by atoms with E-state index in [4.69, 9.17) is 4.74 Å². The van der Waals surface area contributed by atoms with Crippen LogP contribution in [0, 0.1) is 0 Å². The van der Waals surface area contributed by atoms with Crippen molar-refractivity contribution in [1.29, 1.82) is 0 Å². The second-order valence-corrected chi connectivity index (χ2v) is 3.71. The molecule has 74 valence electrons. The molecule has 1 heteroatoms. The monoisotopic (exact) mass is 188 g/mol. The largest absolute Gasteiger partial charge is 0.493 e. The summed E-state index contributed by atoms with van der Waals surface area (Å²) in [6.07, 6.45) is 4.55. The van der Waals surface area contributed by atoms with Crippen LogP contribution in [0.3, 0.4) is 0 Å². The highest BCUT2D eigenvalue weighted by atomic mass is 16.5. The average Bonchev–Trinajstić information content (AvgIpc) is 3.02. The van der Waals surface area contributed by atoms with E-state index >= 15 is 0 Å². The Morgan fingerprint density at radius 1 is 1.50 bits per heavy atom. The van der Waals surface area contributed by atoms with Gasteiger partial charge < -0.3 is 4.74 Å². The fourth-order valence-corrected chi connectivity index (χ4v) is 1.68. The van der Waals surface area contributed by atoms with Gasteiger partial charge in [0.25, 0.3) is 0 Å². The SMILES string of the molecule is C=Cc1cc(C2CC2)ccc1OCC. The fourth-order valence-electron chi connectivity index (χ4n) is 1.68. The van der Waals surface area contributed by atoms with Crippen LogP contribution >= 0.6 is 0 Å². The van der Waals surface area contributed by atoms with E-state index in [0.717, 1.165) is 17.2 Å². The molecule has 1 aliphatic rings. The molecule has 1 aromatic rings. The first-order valence-electron chi connectivity index (χ1n) is 5.24. The van der Waals surface area contributed by atoms with E-state index in [1.807, 2.05) is 13.0 Å². The molecule has 0 N–H and O–H groups in total. The molecule has 0 atom stereocenters. The highest BCUT2D eigenvalue weighted by Gasteiger charge is 2.23. The van der Waals surface area contributed by atoms with Crippen LogP contribution in [0.25, 0.3) is 6.08 Å². The molecule has 2 rings (SSSR count). The average molecular weight is 188 g/mol. The number of ether oxygens (including phenoxy) is 1. The minimum atomic E-state index is 0.712. The van der Waals surface area contributed by atoms with E-state index in [9.17, 15) is 0 Å². The van der Waals surface area contributed by atoms with Gasteiger partial charge in [0.1, 0.15) is 5.75 Å². The molecule has 0 bridgehead atoms. The van der Waals surface area contributed by atoms with Crippen molar-refractivity contribution in [3.8, 4) is 5.75 Å². The summed E-state index contributed by atoms with van der Waals surface area (Å²) in [5.41, 5.74) is 2.56. The molecule has 0 amide bonds. The Kier molecular flexibility index (Phi) is 2.58. The first-order chi connectivity index (χ1) is 6.85. The second kappa shape index (κ2) is 3.87. The summed E-state index contributed by atoms with van der Waals surface area (Å²) in [5, 5.41) is 0. The summed E-state index contributed by atoms with van der Waals surface area (Å²) in [6, 6.07) is 6.44. The molecular formula is C13H16O. The van der Waals surface area contributed by atoms with Crippen molar-refractivity contribution >= 4 is 6.08 Å². The van der Waals surface area contributed by atoms with Gasteiger partial charge in [0, 0.05) is 5.56 Å². The second-order valence-electron chi connectivity index (χ2n) is 3.71.